The van der Waals surface area contributed by atoms with Crippen molar-refractivity contribution in [2.24, 2.45) is 0 Å². The van der Waals surface area contributed by atoms with Gasteiger partial charge in [-0.15, -0.1) is 0 Å². The van der Waals surface area contributed by atoms with Crippen molar-refractivity contribution < 1.29 is 0 Å². The number of hydrogen-bond acceptors (Lipinski definition) is 2. The van der Waals surface area contributed by atoms with Crippen molar-refractivity contribution in [2.45, 2.75) is 39.7 Å². The van der Waals surface area contributed by atoms with E-state index in [4.69, 9.17) is 11.6 Å². The quantitative estimate of drug-likeness (QED) is 0.762. The molecule has 0 N–H and O–H groups in total. The van der Waals surface area contributed by atoms with E-state index in [9.17, 15) is 0 Å². The molecule has 0 saturated heterocycles. The molecule has 2 aromatic rings. The summed E-state index contributed by atoms with van der Waals surface area (Å²) in [5.74, 6) is 0. The molecule has 2 aromatic heterocycles. The number of rotatable bonds is 3. The van der Waals surface area contributed by atoms with Crippen molar-refractivity contribution in [1.82, 2.24) is 14.8 Å². The minimum Gasteiger partial charge on any atom is -0.262 e. The number of pyridine rings is 1. The first-order chi connectivity index (χ1) is 7.63. The molecule has 0 amide bonds. The predicted molar refractivity (Wildman–Crippen MR) is 66.9 cm³/mol. The number of hydrogen-bond donors (Lipinski definition) is 0. The molecule has 0 saturated carbocycles. The van der Waals surface area contributed by atoms with Crippen LogP contribution in [0.3, 0.4) is 0 Å². The minimum atomic E-state index is 0.402. The Labute approximate surface area is 100 Å². The standard InChI is InChI=1S/C12H16ClN3/c1-4-5-8(2)16-11-6-12(13)14-7-10(11)9(3)15-16/h6-8H,4-5H2,1-3H3/t8-/m0/s1. The Morgan fingerprint density at radius 1 is 1.50 bits per heavy atom. The second-order valence-corrected chi connectivity index (χ2v) is 4.58. The van der Waals surface area contributed by atoms with E-state index in [2.05, 4.69) is 28.6 Å². The molecule has 3 nitrogen and oxygen atoms in total. The van der Waals surface area contributed by atoms with Gasteiger partial charge in [-0.25, -0.2) is 4.98 Å². The fraction of sp³-hybridized carbons (Fsp3) is 0.500. The van der Waals surface area contributed by atoms with Crippen LogP contribution in [-0.2, 0) is 0 Å². The molecule has 0 unspecified atom stereocenters. The van der Waals surface area contributed by atoms with E-state index in [0.717, 1.165) is 29.4 Å². The first-order valence-electron chi connectivity index (χ1n) is 5.63. The molecule has 0 spiro atoms. The van der Waals surface area contributed by atoms with Crippen LogP contribution in [-0.4, -0.2) is 14.8 Å². The predicted octanol–water partition coefficient (Wildman–Crippen LogP) is 3.75. The smallest absolute Gasteiger partial charge is 0.131 e. The fourth-order valence-electron chi connectivity index (χ4n) is 2.03. The lowest BCUT2D eigenvalue weighted by molar-refractivity contribution is 0.466. The molecule has 2 heterocycles. The first-order valence-corrected chi connectivity index (χ1v) is 6.01. The average molecular weight is 238 g/mol. The maximum absolute atomic E-state index is 5.93. The van der Waals surface area contributed by atoms with Crippen molar-refractivity contribution in [3.63, 3.8) is 0 Å². The summed E-state index contributed by atoms with van der Waals surface area (Å²) in [5, 5.41) is 6.18. The van der Waals surface area contributed by atoms with Gasteiger partial charge in [0.05, 0.1) is 11.2 Å². The van der Waals surface area contributed by atoms with Gasteiger partial charge in [0.15, 0.2) is 0 Å². The Bertz CT molecular complexity index is 504. The second-order valence-electron chi connectivity index (χ2n) is 4.19. The lowest BCUT2D eigenvalue weighted by atomic mass is 10.2. The molecule has 0 aliphatic carbocycles. The van der Waals surface area contributed by atoms with Gasteiger partial charge in [0.1, 0.15) is 5.15 Å². The molecule has 0 aromatic carbocycles. The zero-order valence-corrected chi connectivity index (χ0v) is 10.6. The zero-order valence-electron chi connectivity index (χ0n) is 9.87. The van der Waals surface area contributed by atoms with Gasteiger partial charge in [-0.05, 0) is 20.3 Å². The van der Waals surface area contributed by atoms with Gasteiger partial charge in [0.2, 0.25) is 0 Å². The Morgan fingerprint density at radius 2 is 2.25 bits per heavy atom. The third kappa shape index (κ3) is 1.92. The summed E-state index contributed by atoms with van der Waals surface area (Å²) in [6.45, 7) is 6.38. The number of nitrogens with zero attached hydrogens (tertiary/aromatic N) is 3. The Hall–Kier alpha value is -1.09. The molecule has 86 valence electrons. The Morgan fingerprint density at radius 3 is 2.94 bits per heavy atom. The molecule has 0 aliphatic rings. The van der Waals surface area contributed by atoms with Gasteiger partial charge in [-0.2, -0.15) is 5.10 Å². The monoisotopic (exact) mass is 237 g/mol. The largest absolute Gasteiger partial charge is 0.262 e. The van der Waals surface area contributed by atoms with Crippen molar-refractivity contribution in [3.05, 3.63) is 23.1 Å². The fourth-order valence-corrected chi connectivity index (χ4v) is 2.19. The van der Waals surface area contributed by atoms with Crippen LogP contribution in [0.4, 0.5) is 0 Å². The van der Waals surface area contributed by atoms with Crippen molar-refractivity contribution in [2.75, 3.05) is 0 Å². The minimum absolute atomic E-state index is 0.402. The highest BCUT2D eigenvalue weighted by Gasteiger charge is 2.12. The molecular weight excluding hydrogens is 222 g/mol. The van der Waals surface area contributed by atoms with E-state index in [0.29, 0.717) is 11.2 Å². The summed E-state index contributed by atoms with van der Waals surface area (Å²) in [6, 6.07) is 2.29. The Kier molecular flexibility index (Phi) is 3.15. The Balaban J connectivity index is 2.56. The van der Waals surface area contributed by atoms with Gasteiger partial charge in [0.25, 0.3) is 0 Å². The molecule has 0 radical (unpaired) electrons. The first kappa shape index (κ1) is 11.4. The highest BCUT2D eigenvalue weighted by molar-refractivity contribution is 6.30. The van der Waals surface area contributed by atoms with Crippen LogP contribution < -0.4 is 0 Å². The van der Waals surface area contributed by atoms with E-state index in [1.165, 1.54) is 0 Å². The van der Waals surface area contributed by atoms with E-state index in [-0.39, 0.29) is 0 Å². The number of aromatic nitrogens is 3. The molecule has 0 fully saturated rings. The van der Waals surface area contributed by atoms with Gasteiger partial charge >= 0.3 is 0 Å². The molecule has 0 bridgehead atoms. The van der Waals surface area contributed by atoms with E-state index >= 15 is 0 Å². The van der Waals surface area contributed by atoms with Gasteiger partial charge in [-0.1, -0.05) is 24.9 Å². The summed E-state index contributed by atoms with van der Waals surface area (Å²) in [5.41, 5.74) is 2.10. The summed E-state index contributed by atoms with van der Waals surface area (Å²) >= 11 is 5.93. The maximum Gasteiger partial charge on any atom is 0.131 e. The van der Waals surface area contributed by atoms with Crippen molar-refractivity contribution in [1.29, 1.82) is 0 Å². The third-order valence-electron chi connectivity index (χ3n) is 2.87. The lowest BCUT2D eigenvalue weighted by Crippen LogP contribution is -2.06. The number of halogens is 1. The van der Waals surface area contributed by atoms with Crippen LogP contribution in [0.5, 0.6) is 0 Å². The molecule has 1 atom stereocenters. The lowest BCUT2D eigenvalue weighted by Gasteiger charge is -2.12. The SMILES string of the molecule is CCC[C@H](C)n1nc(C)c2cnc(Cl)cc21. The summed E-state index contributed by atoms with van der Waals surface area (Å²) in [6.07, 6.45) is 4.08. The molecule has 0 aliphatic heterocycles. The van der Waals surface area contributed by atoms with Crippen LogP contribution in [0, 0.1) is 6.92 Å². The number of fused-ring (bicyclic) bond motifs is 1. The van der Waals surface area contributed by atoms with Crippen LogP contribution in [0.2, 0.25) is 5.15 Å². The summed E-state index contributed by atoms with van der Waals surface area (Å²) in [7, 11) is 0. The third-order valence-corrected chi connectivity index (χ3v) is 3.07. The highest BCUT2D eigenvalue weighted by Crippen LogP contribution is 2.24. The van der Waals surface area contributed by atoms with E-state index in [1.54, 1.807) is 6.20 Å². The summed E-state index contributed by atoms with van der Waals surface area (Å²) in [4.78, 5) is 4.10. The van der Waals surface area contributed by atoms with Crippen LogP contribution in [0.25, 0.3) is 10.9 Å². The zero-order chi connectivity index (χ0) is 11.7. The van der Waals surface area contributed by atoms with Gasteiger partial charge in [0, 0.05) is 23.7 Å². The van der Waals surface area contributed by atoms with Crippen molar-refractivity contribution in [3.8, 4) is 0 Å². The van der Waals surface area contributed by atoms with Crippen LogP contribution in [0.15, 0.2) is 12.3 Å². The van der Waals surface area contributed by atoms with Crippen LogP contribution >= 0.6 is 11.6 Å². The van der Waals surface area contributed by atoms with Crippen LogP contribution in [0.1, 0.15) is 38.4 Å². The van der Waals surface area contributed by atoms with Gasteiger partial charge in [-0.3, -0.25) is 4.68 Å². The highest BCUT2D eigenvalue weighted by atomic mass is 35.5. The average Bonchev–Trinajstić information content (AvgIpc) is 2.56. The molecule has 4 heteroatoms. The maximum atomic E-state index is 5.93. The van der Waals surface area contributed by atoms with E-state index in [1.807, 2.05) is 13.0 Å². The molecule has 2 rings (SSSR count). The van der Waals surface area contributed by atoms with Crippen molar-refractivity contribution >= 4 is 22.5 Å². The topological polar surface area (TPSA) is 30.7 Å². The summed E-state index contributed by atoms with van der Waals surface area (Å²) < 4.78 is 2.06. The second kappa shape index (κ2) is 4.42. The molecular formula is C12H16ClN3. The molecule has 16 heavy (non-hydrogen) atoms. The van der Waals surface area contributed by atoms with Gasteiger partial charge < -0.3 is 0 Å². The van der Waals surface area contributed by atoms with E-state index < -0.39 is 0 Å². The number of aryl methyl sites for hydroxylation is 1. The normalized spacial score (nSPS) is 13.2.